The first kappa shape index (κ1) is 17.4. The molecule has 0 unspecified atom stereocenters. The minimum Gasteiger partial charge on any atom is -0.455 e. The number of ether oxygens (including phenoxy) is 1. The van der Waals surface area contributed by atoms with Crippen LogP contribution in [0, 0.1) is 11.7 Å². The van der Waals surface area contributed by atoms with Crippen LogP contribution in [0.5, 0.6) is 0 Å². The van der Waals surface area contributed by atoms with E-state index in [0.29, 0.717) is 0 Å². The molecule has 0 bridgehead atoms. The smallest absolute Gasteiger partial charge is 0.311 e. The van der Waals surface area contributed by atoms with Crippen molar-refractivity contribution < 1.29 is 23.5 Å². The molecule has 0 radical (unpaired) electrons. The monoisotopic (exact) mass is 348 g/mol. The topological polar surface area (TPSA) is 75.7 Å². The summed E-state index contributed by atoms with van der Waals surface area (Å²) < 4.78 is 18.9. The molecule has 1 aliphatic heterocycles. The summed E-state index contributed by atoms with van der Waals surface area (Å²) in [5, 5.41) is 2.83. The number of amides is 2. The maximum Gasteiger partial charge on any atom is 0.311 e. The molecule has 2 aliphatic rings. The molecule has 25 heavy (non-hydrogen) atoms. The second-order valence-corrected chi connectivity index (χ2v) is 6.51. The Labute approximate surface area is 145 Å². The van der Waals surface area contributed by atoms with Crippen LogP contribution in [0.15, 0.2) is 24.3 Å². The number of benzene rings is 1. The van der Waals surface area contributed by atoms with Gasteiger partial charge in [-0.1, -0.05) is 25.0 Å². The molecule has 1 saturated heterocycles. The van der Waals surface area contributed by atoms with Crippen molar-refractivity contribution in [3.63, 3.8) is 0 Å². The Bertz CT molecular complexity index is 673. The number of hydrogen-bond donors (Lipinski definition) is 1. The normalized spacial score (nSPS) is 20.8. The van der Waals surface area contributed by atoms with E-state index < -0.39 is 17.7 Å². The average molecular weight is 348 g/mol. The Morgan fingerprint density at radius 1 is 1.24 bits per heavy atom. The lowest BCUT2D eigenvalue weighted by molar-refractivity contribution is -0.152. The second-order valence-electron chi connectivity index (χ2n) is 6.51. The molecule has 0 aromatic heterocycles. The van der Waals surface area contributed by atoms with E-state index in [9.17, 15) is 18.8 Å². The van der Waals surface area contributed by atoms with Crippen LogP contribution in [-0.4, -0.2) is 37.0 Å². The summed E-state index contributed by atoms with van der Waals surface area (Å²) in [6, 6.07) is 6.09. The lowest BCUT2D eigenvalue weighted by atomic mass is 10.1. The van der Waals surface area contributed by atoms with Gasteiger partial charge in [0.15, 0.2) is 6.61 Å². The minimum atomic E-state index is -0.689. The third-order valence-electron chi connectivity index (χ3n) is 4.67. The molecule has 0 spiro atoms. The predicted molar refractivity (Wildman–Crippen MR) is 88.2 cm³/mol. The molecule has 2 amide bonds. The quantitative estimate of drug-likeness (QED) is 0.823. The van der Waals surface area contributed by atoms with Crippen LogP contribution in [-0.2, 0) is 19.1 Å². The standard InChI is InChI=1S/C18H21FN2O4/c19-14-7-3-4-8-15(14)21-10-12(9-17(21)23)18(24)25-11-16(22)20-13-5-1-2-6-13/h3-4,7-8,12-13H,1-2,5-6,9-11H2,(H,20,22)/t12-/m0/s1. The van der Waals surface area contributed by atoms with Crippen LogP contribution in [0.1, 0.15) is 32.1 Å². The first-order chi connectivity index (χ1) is 12.0. The highest BCUT2D eigenvalue weighted by Crippen LogP contribution is 2.27. The number of anilines is 1. The molecule has 134 valence electrons. The fourth-order valence-electron chi connectivity index (χ4n) is 3.36. The third kappa shape index (κ3) is 4.15. The molecule has 7 heteroatoms. The number of carbonyl (C=O) groups is 3. The van der Waals surface area contributed by atoms with Crippen LogP contribution >= 0.6 is 0 Å². The maximum absolute atomic E-state index is 13.8. The summed E-state index contributed by atoms with van der Waals surface area (Å²) in [7, 11) is 0. The molecular weight excluding hydrogens is 327 g/mol. The zero-order chi connectivity index (χ0) is 17.8. The van der Waals surface area contributed by atoms with Gasteiger partial charge in [0.05, 0.1) is 11.6 Å². The fraction of sp³-hybridized carbons (Fsp3) is 0.500. The summed E-state index contributed by atoms with van der Waals surface area (Å²) in [6.07, 6.45) is 4.06. The number of esters is 1. The summed E-state index contributed by atoms with van der Waals surface area (Å²) in [5.41, 5.74) is 0.154. The first-order valence-corrected chi connectivity index (χ1v) is 8.55. The van der Waals surface area contributed by atoms with E-state index in [2.05, 4.69) is 5.32 Å². The Balaban J connectivity index is 1.50. The van der Waals surface area contributed by atoms with Crippen molar-refractivity contribution in [1.29, 1.82) is 0 Å². The molecular formula is C18H21FN2O4. The van der Waals surface area contributed by atoms with Crippen molar-refractivity contribution in [1.82, 2.24) is 5.32 Å². The molecule has 1 heterocycles. The molecule has 3 rings (SSSR count). The molecule has 6 nitrogen and oxygen atoms in total. The SMILES string of the molecule is O=C(COC(=O)[C@H]1CC(=O)N(c2ccccc2F)C1)NC1CCCC1. The molecule has 1 N–H and O–H groups in total. The number of carbonyl (C=O) groups excluding carboxylic acids is 3. The van der Waals surface area contributed by atoms with Gasteiger partial charge < -0.3 is 15.0 Å². The van der Waals surface area contributed by atoms with Gasteiger partial charge in [-0.25, -0.2) is 4.39 Å². The maximum atomic E-state index is 13.8. The van der Waals surface area contributed by atoms with Gasteiger partial charge >= 0.3 is 5.97 Å². The van der Waals surface area contributed by atoms with Crippen molar-refractivity contribution in [2.75, 3.05) is 18.1 Å². The van der Waals surface area contributed by atoms with E-state index in [0.717, 1.165) is 25.7 Å². The predicted octanol–water partition coefficient (Wildman–Crippen LogP) is 1.78. The van der Waals surface area contributed by atoms with Crippen molar-refractivity contribution in [2.45, 2.75) is 38.1 Å². The highest BCUT2D eigenvalue weighted by molar-refractivity contribution is 5.99. The van der Waals surface area contributed by atoms with Gasteiger partial charge in [-0.15, -0.1) is 0 Å². The number of halogens is 1. The van der Waals surface area contributed by atoms with E-state index in [4.69, 9.17) is 4.74 Å². The zero-order valence-electron chi connectivity index (χ0n) is 13.9. The van der Waals surface area contributed by atoms with Crippen LogP contribution < -0.4 is 10.2 Å². The van der Waals surface area contributed by atoms with E-state index in [-0.39, 0.29) is 43.1 Å². The van der Waals surface area contributed by atoms with Crippen molar-refractivity contribution in [2.24, 2.45) is 5.92 Å². The third-order valence-corrected chi connectivity index (χ3v) is 4.67. The van der Waals surface area contributed by atoms with Gasteiger partial charge in [-0.3, -0.25) is 14.4 Å². The molecule has 1 saturated carbocycles. The Morgan fingerprint density at radius 3 is 2.68 bits per heavy atom. The number of hydrogen-bond acceptors (Lipinski definition) is 4. The van der Waals surface area contributed by atoms with Crippen LogP contribution in [0.25, 0.3) is 0 Å². The first-order valence-electron chi connectivity index (χ1n) is 8.55. The lowest BCUT2D eigenvalue weighted by Crippen LogP contribution is -2.36. The fourth-order valence-corrected chi connectivity index (χ4v) is 3.36. The number of nitrogens with one attached hydrogen (secondary N) is 1. The molecule has 1 aliphatic carbocycles. The van der Waals surface area contributed by atoms with Gasteiger partial charge in [0.2, 0.25) is 5.91 Å². The van der Waals surface area contributed by atoms with Crippen molar-refractivity contribution in [3.05, 3.63) is 30.1 Å². The average Bonchev–Trinajstić information content (AvgIpc) is 3.23. The van der Waals surface area contributed by atoms with Crippen LogP contribution in [0.3, 0.4) is 0 Å². The summed E-state index contributed by atoms with van der Waals surface area (Å²) in [5.74, 6) is -2.46. The molecule has 1 aromatic rings. The van der Waals surface area contributed by atoms with Crippen molar-refractivity contribution in [3.8, 4) is 0 Å². The zero-order valence-corrected chi connectivity index (χ0v) is 13.9. The molecule has 1 atom stereocenters. The highest BCUT2D eigenvalue weighted by Gasteiger charge is 2.37. The summed E-state index contributed by atoms with van der Waals surface area (Å²) in [4.78, 5) is 37.2. The molecule has 1 aromatic carbocycles. The van der Waals surface area contributed by atoms with E-state index >= 15 is 0 Å². The lowest BCUT2D eigenvalue weighted by Gasteiger charge is -2.17. The Kier molecular flexibility index (Phi) is 5.31. The second kappa shape index (κ2) is 7.63. The number of nitrogens with zero attached hydrogens (tertiary/aromatic N) is 1. The van der Waals surface area contributed by atoms with E-state index in [1.54, 1.807) is 6.07 Å². The van der Waals surface area contributed by atoms with Crippen LogP contribution in [0.4, 0.5) is 10.1 Å². The van der Waals surface area contributed by atoms with Crippen molar-refractivity contribution >= 4 is 23.5 Å². The molecule has 2 fully saturated rings. The largest absolute Gasteiger partial charge is 0.455 e. The highest BCUT2D eigenvalue weighted by atomic mass is 19.1. The van der Waals surface area contributed by atoms with Gasteiger partial charge in [-0.05, 0) is 25.0 Å². The van der Waals surface area contributed by atoms with Gasteiger partial charge in [0, 0.05) is 19.0 Å². The summed E-state index contributed by atoms with van der Waals surface area (Å²) >= 11 is 0. The van der Waals surface area contributed by atoms with E-state index in [1.807, 2.05) is 0 Å². The number of para-hydroxylation sites is 1. The Morgan fingerprint density at radius 2 is 1.96 bits per heavy atom. The van der Waals surface area contributed by atoms with Gasteiger partial charge in [0.1, 0.15) is 5.82 Å². The summed E-state index contributed by atoms with van der Waals surface area (Å²) in [6.45, 7) is -0.289. The van der Waals surface area contributed by atoms with Gasteiger partial charge in [-0.2, -0.15) is 0 Å². The van der Waals surface area contributed by atoms with Crippen LogP contribution in [0.2, 0.25) is 0 Å². The van der Waals surface area contributed by atoms with E-state index in [1.165, 1.54) is 23.1 Å². The van der Waals surface area contributed by atoms with Gasteiger partial charge in [0.25, 0.3) is 5.91 Å². The minimum absolute atomic E-state index is 0.0442. The Hall–Kier alpha value is -2.44. The number of rotatable bonds is 5.